The van der Waals surface area contributed by atoms with Crippen molar-refractivity contribution in [3.8, 4) is 0 Å². The Labute approximate surface area is 144 Å². The van der Waals surface area contributed by atoms with Crippen molar-refractivity contribution >= 4 is 17.3 Å². The Hall–Kier alpha value is -1.14. The Bertz CT molecular complexity index is 485. The predicted octanol–water partition coefficient (Wildman–Crippen LogP) is 2.28. The number of rotatable bonds is 8. The SMILES string of the molecule is CCCN1CCC(CN=C(NCC)NCCc2csc(C)n2)C1. The molecule has 0 amide bonds. The smallest absolute Gasteiger partial charge is 0.191 e. The van der Waals surface area contributed by atoms with E-state index in [4.69, 9.17) is 4.99 Å². The second kappa shape index (κ2) is 9.88. The number of guanidine groups is 1. The molecule has 0 spiro atoms. The van der Waals surface area contributed by atoms with Gasteiger partial charge in [-0.05, 0) is 45.7 Å². The van der Waals surface area contributed by atoms with Crippen molar-refractivity contribution in [2.75, 3.05) is 39.3 Å². The van der Waals surface area contributed by atoms with Gasteiger partial charge < -0.3 is 15.5 Å². The first-order chi connectivity index (χ1) is 11.2. The molecule has 5 nitrogen and oxygen atoms in total. The fourth-order valence-electron chi connectivity index (χ4n) is 2.98. The Balaban J connectivity index is 1.73. The van der Waals surface area contributed by atoms with E-state index >= 15 is 0 Å². The second-order valence-electron chi connectivity index (χ2n) is 6.21. The maximum absolute atomic E-state index is 4.78. The van der Waals surface area contributed by atoms with E-state index in [0.717, 1.165) is 37.0 Å². The fourth-order valence-corrected chi connectivity index (χ4v) is 3.62. The monoisotopic (exact) mass is 337 g/mol. The lowest BCUT2D eigenvalue weighted by Gasteiger charge is -2.14. The molecule has 0 aliphatic carbocycles. The highest BCUT2D eigenvalue weighted by Crippen LogP contribution is 2.16. The third-order valence-corrected chi connectivity index (χ3v) is 4.92. The number of likely N-dealkylation sites (tertiary alicyclic amines) is 1. The lowest BCUT2D eigenvalue weighted by atomic mass is 10.1. The van der Waals surface area contributed by atoms with Crippen molar-refractivity contribution < 1.29 is 0 Å². The van der Waals surface area contributed by atoms with Gasteiger partial charge in [-0.2, -0.15) is 0 Å². The first-order valence-corrected chi connectivity index (χ1v) is 9.74. The lowest BCUT2D eigenvalue weighted by Crippen LogP contribution is -2.38. The van der Waals surface area contributed by atoms with Gasteiger partial charge >= 0.3 is 0 Å². The second-order valence-corrected chi connectivity index (χ2v) is 7.27. The average Bonchev–Trinajstić information content (AvgIpc) is 3.14. The third-order valence-electron chi connectivity index (χ3n) is 4.10. The molecule has 1 saturated heterocycles. The van der Waals surface area contributed by atoms with E-state index < -0.39 is 0 Å². The summed E-state index contributed by atoms with van der Waals surface area (Å²) in [5, 5.41) is 10.0. The van der Waals surface area contributed by atoms with Crippen LogP contribution in [0.25, 0.3) is 0 Å². The standard InChI is InChI=1S/C17H31N5S/c1-4-9-22-10-7-15(12-22)11-20-17(18-5-2)19-8-6-16-13-23-14(3)21-16/h13,15H,4-12H2,1-3H3,(H2,18,19,20). The van der Waals surface area contributed by atoms with Gasteiger partial charge in [0.2, 0.25) is 0 Å². The lowest BCUT2D eigenvalue weighted by molar-refractivity contribution is 0.326. The minimum absolute atomic E-state index is 0.707. The first kappa shape index (κ1) is 18.2. The van der Waals surface area contributed by atoms with Crippen LogP contribution in [-0.2, 0) is 6.42 Å². The third kappa shape index (κ3) is 6.47. The van der Waals surface area contributed by atoms with Crippen LogP contribution in [0.3, 0.4) is 0 Å². The minimum atomic E-state index is 0.707. The zero-order chi connectivity index (χ0) is 16.5. The summed E-state index contributed by atoms with van der Waals surface area (Å²) in [6.45, 7) is 12.8. The largest absolute Gasteiger partial charge is 0.357 e. The number of hydrogen-bond donors (Lipinski definition) is 2. The molecule has 1 aliphatic rings. The van der Waals surface area contributed by atoms with Crippen molar-refractivity contribution in [2.24, 2.45) is 10.9 Å². The van der Waals surface area contributed by atoms with Gasteiger partial charge in [0.1, 0.15) is 0 Å². The van der Waals surface area contributed by atoms with Gasteiger partial charge in [-0.15, -0.1) is 11.3 Å². The van der Waals surface area contributed by atoms with Gasteiger partial charge in [0.25, 0.3) is 0 Å². The molecule has 0 aromatic carbocycles. The number of aliphatic imine (C=N–C) groups is 1. The molecule has 0 bridgehead atoms. The number of thiazole rings is 1. The number of nitrogens with zero attached hydrogens (tertiary/aromatic N) is 3. The molecule has 2 heterocycles. The molecule has 2 rings (SSSR count). The molecule has 23 heavy (non-hydrogen) atoms. The zero-order valence-electron chi connectivity index (χ0n) is 14.8. The van der Waals surface area contributed by atoms with Crippen molar-refractivity contribution in [2.45, 2.75) is 40.0 Å². The molecule has 1 aromatic rings. The molecule has 1 fully saturated rings. The van der Waals surface area contributed by atoms with Crippen molar-refractivity contribution in [3.05, 3.63) is 16.1 Å². The summed E-state index contributed by atoms with van der Waals surface area (Å²) in [4.78, 5) is 11.8. The molecule has 0 saturated carbocycles. The van der Waals surface area contributed by atoms with E-state index in [0.29, 0.717) is 5.92 Å². The highest BCUT2D eigenvalue weighted by molar-refractivity contribution is 7.09. The van der Waals surface area contributed by atoms with E-state index in [2.05, 4.69) is 46.7 Å². The normalized spacial score (nSPS) is 19.3. The number of hydrogen-bond acceptors (Lipinski definition) is 4. The number of aryl methyl sites for hydroxylation is 1. The minimum Gasteiger partial charge on any atom is -0.357 e. The van der Waals surface area contributed by atoms with Crippen LogP contribution in [0.5, 0.6) is 0 Å². The summed E-state index contributed by atoms with van der Waals surface area (Å²) in [5.41, 5.74) is 1.17. The van der Waals surface area contributed by atoms with Gasteiger partial charge in [0.15, 0.2) is 5.96 Å². The summed E-state index contributed by atoms with van der Waals surface area (Å²) in [6, 6.07) is 0. The molecule has 1 aliphatic heterocycles. The van der Waals surface area contributed by atoms with Crippen LogP contribution in [0, 0.1) is 12.8 Å². The topological polar surface area (TPSA) is 52.5 Å². The van der Waals surface area contributed by atoms with Crippen LogP contribution in [0.1, 0.15) is 37.4 Å². The molecule has 0 radical (unpaired) electrons. The molecular weight excluding hydrogens is 306 g/mol. The van der Waals surface area contributed by atoms with E-state index in [9.17, 15) is 0 Å². The van der Waals surface area contributed by atoms with Crippen LogP contribution in [0.2, 0.25) is 0 Å². The highest BCUT2D eigenvalue weighted by atomic mass is 32.1. The highest BCUT2D eigenvalue weighted by Gasteiger charge is 2.21. The van der Waals surface area contributed by atoms with Gasteiger partial charge in [0, 0.05) is 38.0 Å². The van der Waals surface area contributed by atoms with Gasteiger partial charge in [-0.1, -0.05) is 6.92 Å². The number of aromatic nitrogens is 1. The van der Waals surface area contributed by atoms with Crippen LogP contribution < -0.4 is 10.6 Å². The Morgan fingerprint density at radius 1 is 1.43 bits per heavy atom. The Kier molecular flexibility index (Phi) is 7.82. The Morgan fingerprint density at radius 3 is 3.00 bits per heavy atom. The molecule has 6 heteroatoms. The molecule has 1 unspecified atom stereocenters. The maximum Gasteiger partial charge on any atom is 0.191 e. The summed E-state index contributed by atoms with van der Waals surface area (Å²) < 4.78 is 0. The fraction of sp³-hybridized carbons (Fsp3) is 0.765. The molecule has 130 valence electrons. The average molecular weight is 338 g/mol. The molecule has 2 N–H and O–H groups in total. The molecular formula is C17H31N5S. The van der Waals surface area contributed by atoms with Crippen molar-refractivity contribution in [1.82, 2.24) is 20.5 Å². The van der Waals surface area contributed by atoms with Gasteiger partial charge in [0.05, 0.1) is 10.7 Å². The van der Waals surface area contributed by atoms with E-state index in [1.165, 1.54) is 38.2 Å². The van der Waals surface area contributed by atoms with Crippen LogP contribution in [0.4, 0.5) is 0 Å². The van der Waals surface area contributed by atoms with Crippen molar-refractivity contribution in [3.63, 3.8) is 0 Å². The quantitative estimate of drug-likeness (QED) is 0.564. The summed E-state index contributed by atoms with van der Waals surface area (Å²) in [7, 11) is 0. The van der Waals surface area contributed by atoms with E-state index in [-0.39, 0.29) is 0 Å². The molecule has 1 aromatic heterocycles. The van der Waals surface area contributed by atoms with Gasteiger partial charge in [-0.25, -0.2) is 4.98 Å². The van der Waals surface area contributed by atoms with Crippen molar-refractivity contribution in [1.29, 1.82) is 0 Å². The van der Waals surface area contributed by atoms with Crippen LogP contribution >= 0.6 is 11.3 Å². The van der Waals surface area contributed by atoms with E-state index in [1.807, 2.05) is 0 Å². The summed E-state index contributed by atoms with van der Waals surface area (Å²) >= 11 is 1.72. The first-order valence-electron chi connectivity index (χ1n) is 8.86. The van der Waals surface area contributed by atoms with E-state index in [1.54, 1.807) is 11.3 Å². The summed E-state index contributed by atoms with van der Waals surface area (Å²) in [6.07, 6.45) is 3.47. The van der Waals surface area contributed by atoms with Crippen LogP contribution in [-0.4, -0.2) is 55.1 Å². The Morgan fingerprint density at radius 2 is 2.30 bits per heavy atom. The summed E-state index contributed by atoms with van der Waals surface area (Å²) in [5.74, 6) is 1.64. The van der Waals surface area contributed by atoms with Gasteiger partial charge in [-0.3, -0.25) is 4.99 Å². The van der Waals surface area contributed by atoms with Crippen LogP contribution in [0.15, 0.2) is 10.4 Å². The molecule has 1 atom stereocenters. The maximum atomic E-state index is 4.78. The zero-order valence-corrected chi connectivity index (χ0v) is 15.6. The predicted molar refractivity (Wildman–Crippen MR) is 99.4 cm³/mol. The number of nitrogens with one attached hydrogen (secondary N) is 2.